The third-order valence-corrected chi connectivity index (χ3v) is 4.42. The largest absolute Gasteiger partial charge is 0.492 e. The Morgan fingerprint density at radius 2 is 1.32 bits per heavy atom. The predicted molar refractivity (Wildman–Crippen MR) is 116 cm³/mol. The molecule has 0 saturated carbocycles. The maximum atomic E-state index is 12.5. The van der Waals surface area contributed by atoms with E-state index in [-0.39, 0.29) is 43.7 Å². The van der Waals surface area contributed by atoms with E-state index in [1.807, 2.05) is 0 Å². The molecule has 0 radical (unpaired) electrons. The lowest BCUT2D eigenvalue weighted by atomic mass is 10.2. The van der Waals surface area contributed by atoms with Gasteiger partial charge in [-0.1, -0.05) is 6.58 Å². The number of hydrogen-bond acceptors (Lipinski definition) is 8. The van der Waals surface area contributed by atoms with Crippen molar-refractivity contribution in [3.05, 3.63) is 78.7 Å². The van der Waals surface area contributed by atoms with Crippen LogP contribution in [-0.4, -0.2) is 55.0 Å². The maximum Gasteiger partial charge on any atom is 0.366 e. The van der Waals surface area contributed by atoms with Crippen molar-refractivity contribution >= 4 is 23.8 Å². The van der Waals surface area contributed by atoms with Gasteiger partial charge in [0, 0.05) is 12.2 Å². The second-order valence-corrected chi connectivity index (χ2v) is 6.78. The standard InChI is InChI=1S/C24H20FNO8/c1-16(25)23(29)33-15-14-32-18-4-2-17(3-5-18)24(30)34-20-8-6-19(7-9-20)31-13-12-26-21(27)10-11-22(26)28/h2-11H,1,12-15H2. The van der Waals surface area contributed by atoms with Crippen molar-refractivity contribution < 1.29 is 42.5 Å². The Hall–Kier alpha value is -4.47. The van der Waals surface area contributed by atoms with Gasteiger partial charge in [0.05, 0.1) is 12.1 Å². The van der Waals surface area contributed by atoms with Gasteiger partial charge in [-0.05, 0) is 48.5 Å². The van der Waals surface area contributed by atoms with Crippen LogP contribution in [0.1, 0.15) is 10.4 Å². The van der Waals surface area contributed by atoms with Gasteiger partial charge in [0.15, 0.2) is 0 Å². The van der Waals surface area contributed by atoms with Crippen molar-refractivity contribution in [3.63, 3.8) is 0 Å². The zero-order chi connectivity index (χ0) is 24.5. The van der Waals surface area contributed by atoms with Crippen LogP contribution in [-0.2, 0) is 19.1 Å². The van der Waals surface area contributed by atoms with Gasteiger partial charge in [0.25, 0.3) is 11.8 Å². The van der Waals surface area contributed by atoms with E-state index >= 15 is 0 Å². The fourth-order valence-corrected chi connectivity index (χ4v) is 2.74. The van der Waals surface area contributed by atoms with Crippen LogP contribution in [0, 0.1) is 0 Å². The molecule has 0 N–H and O–H groups in total. The number of ether oxygens (including phenoxy) is 4. The topological polar surface area (TPSA) is 108 Å². The molecule has 0 aliphatic carbocycles. The summed E-state index contributed by atoms with van der Waals surface area (Å²) in [6.45, 7) is 2.92. The molecule has 176 valence electrons. The molecule has 34 heavy (non-hydrogen) atoms. The van der Waals surface area contributed by atoms with E-state index in [9.17, 15) is 23.6 Å². The Labute approximate surface area is 194 Å². The molecule has 2 amide bonds. The highest BCUT2D eigenvalue weighted by molar-refractivity contribution is 6.12. The van der Waals surface area contributed by atoms with Gasteiger partial charge in [-0.3, -0.25) is 14.5 Å². The molecule has 2 aromatic rings. The van der Waals surface area contributed by atoms with Gasteiger partial charge in [-0.2, -0.15) is 4.39 Å². The molecular weight excluding hydrogens is 449 g/mol. The molecule has 0 spiro atoms. The summed E-state index contributed by atoms with van der Waals surface area (Å²) < 4.78 is 33.2. The first-order chi connectivity index (χ1) is 16.3. The predicted octanol–water partition coefficient (Wildman–Crippen LogP) is 2.61. The minimum absolute atomic E-state index is 0.00122. The number of amides is 2. The summed E-state index contributed by atoms with van der Waals surface area (Å²) >= 11 is 0. The lowest BCUT2D eigenvalue weighted by Gasteiger charge is -2.14. The molecule has 0 bridgehead atoms. The SMILES string of the molecule is C=C(F)C(=O)OCCOc1ccc(C(=O)Oc2ccc(OCCN3C(=O)C=CC3=O)cc2)cc1. The van der Waals surface area contributed by atoms with Crippen LogP contribution in [0.4, 0.5) is 4.39 Å². The Morgan fingerprint density at radius 1 is 0.794 bits per heavy atom. The number of benzene rings is 2. The molecule has 1 heterocycles. The van der Waals surface area contributed by atoms with Gasteiger partial charge in [-0.25, -0.2) is 9.59 Å². The third-order valence-electron chi connectivity index (χ3n) is 4.42. The molecule has 0 aromatic heterocycles. The summed E-state index contributed by atoms with van der Waals surface area (Å²) in [6.07, 6.45) is 2.42. The normalized spacial score (nSPS) is 12.4. The zero-order valence-electron chi connectivity index (χ0n) is 17.9. The van der Waals surface area contributed by atoms with Crippen LogP contribution in [0.25, 0.3) is 0 Å². The van der Waals surface area contributed by atoms with E-state index in [0.717, 1.165) is 4.90 Å². The summed E-state index contributed by atoms with van der Waals surface area (Å²) in [4.78, 5) is 47.3. The zero-order valence-corrected chi connectivity index (χ0v) is 17.9. The average molecular weight is 469 g/mol. The number of imide groups is 1. The molecule has 2 aromatic carbocycles. The van der Waals surface area contributed by atoms with Crippen molar-refractivity contribution in [1.82, 2.24) is 4.90 Å². The van der Waals surface area contributed by atoms with E-state index < -0.39 is 17.8 Å². The van der Waals surface area contributed by atoms with Gasteiger partial charge < -0.3 is 18.9 Å². The quantitative estimate of drug-likeness (QED) is 0.163. The van der Waals surface area contributed by atoms with E-state index in [4.69, 9.17) is 14.2 Å². The van der Waals surface area contributed by atoms with Crippen LogP contribution in [0.3, 0.4) is 0 Å². The molecule has 10 heteroatoms. The highest BCUT2D eigenvalue weighted by Crippen LogP contribution is 2.20. The lowest BCUT2D eigenvalue weighted by Crippen LogP contribution is -2.33. The summed E-state index contributed by atoms with van der Waals surface area (Å²) in [5.41, 5.74) is 0.279. The molecule has 1 aliphatic heterocycles. The second kappa shape index (κ2) is 11.4. The fourth-order valence-electron chi connectivity index (χ4n) is 2.74. The van der Waals surface area contributed by atoms with E-state index in [2.05, 4.69) is 11.3 Å². The Kier molecular flexibility index (Phi) is 8.11. The van der Waals surface area contributed by atoms with Crippen molar-refractivity contribution in [2.75, 3.05) is 26.4 Å². The van der Waals surface area contributed by atoms with Gasteiger partial charge in [0.2, 0.25) is 5.83 Å². The monoisotopic (exact) mass is 469 g/mol. The Bertz CT molecular complexity index is 1090. The molecule has 1 aliphatic rings. The van der Waals surface area contributed by atoms with E-state index in [1.54, 1.807) is 24.3 Å². The number of esters is 2. The lowest BCUT2D eigenvalue weighted by molar-refractivity contribution is -0.141. The maximum absolute atomic E-state index is 12.5. The first-order valence-electron chi connectivity index (χ1n) is 10.1. The number of carbonyl (C=O) groups is 4. The summed E-state index contributed by atoms with van der Waals surface area (Å²) in [5, 5.41) is 0. The smallest absolute Gasteiger partial charge is 0.366 e. The fraction of sp³-hybridized carbons (Fsp3) is 0.167. The number of rotatable bonds is 11. The van der Waals surface area contributed by atoms with Crippen molar-refractivity contribution in [3.8, 4) is 17.2 Å². The van der Waals surface area contributed by atoms with Crippen LogP contribution in [0.2, 0.25) is 0 Å². The molecular formula is C24H20FNO8. The molecule has 0 fully saturated rings. The second-order valence-electron chi connectivity index (χ2n) is 6.78. The first kappa shape index (κ1) is 24.2. The van der Waals surface area contributed by atoms with Crippen LogP contribution in [0.5, 0.6) is 17.2 Å². The van der Waals surface area contributed by atoms with Gasteiger partial charge >= 0.3 is 11.9 Å². The van der Waals surface area contributed by atoms with Crippen LogP contribution >= 0.6 is 0 Å². The van der Waals surface area contributed by atoms with Crippen molar-refractivity contribution in [1.29, 1.82) is 0 Å². The average Bonchev–Trinajstić information content (AvgIpc) is 3.15. The Balaban J connectivity index is 1.41. The number of hydrogen-bond donors (Lipinski definition) is 0. The highest BCUT2D eigenvalue weighted by Gasteiger charge is 2.22. The summed E-state index contributed by atoms with van der Waals surface area (Å²) in [6, 6.07) is 12.4. The van der Waals surface area contributed by atoms with Gasteiger partial charge in [0.1, 0.15) is 37.1 Å². The first-order valence-corrected chi connectivity index (χ1v) is 10.1. The van der Waals surface area contributed by atoms with Crippen LogP contribution < -0.4 is 14.2 Å². The molecule has 0 atom stereocenters. The van der Waals surface area contributed by atoms with Crippen LogP contribution in [0.15, 0.2) is 73.1 Å². The third kappa shape index (κ3) is 6.76. The molecule has 9 nitrogen and oxygen atoms in total. The molecule has 0 unspecified atom stereocenters. The number of halogens is 1. The molecule has 0 saturated heterocycles. The van der Waals surface area contributed by atoms with E-state index in [0.29, 0.717) is 17.2 Å². The summed E-state index contributed by atoms with van der Waals surface area (Å²) in [7, 11) is 0. The van der Waals surface area contributed by atoms with Crippen molar-refractivity contribution in [2.45, 2.75) is 0 Å². The van der Waals surface area contributed by atoms with E-state index in [1.165, 1.54) is 36.4 Å². The highest BCUT2D eigenvalue weighted by atomic mass is 19.1. The summed E-state index contributed by atoms with van der Waals surface area (Å²) in [5.74, 6) is -2.47. The Morgan fingerprint density at radius 3 is 1.91 bits per heavy atom. The number of nitrogens with zero attached hydrogens (tertiary/aromatic N) is 1. The van der Waals surface area contributed by atoms with Gasteiger partial charge in [-0.15, -0.1) is 0 Å². The van der Waals surface area contributed by atoms with Crippen molar-refractivity contribution in [2.24, 2.45) is 0 Å². The minimum Gasteiger partial charge on any atom is -0.492 e. The minimum atomic E-state index is -1.18. The number of carbonyl (C=O) groups excluding carboxylic acids is 4. The molecule has 3 rings (SSSR count).